The normalized spacial score (nSPS) is 20.2. The highest BCUT2D eigenvalue weighted by Crippen LogP contribution is 2.29. The molecule has 1 saturated heterocycles. The number of piperidine rings is 1. The molecule has 2 N–H and O–H groups in total. The average Bonchev–Trinajstić information content (AvgIpc) is 3.57. The highest BCUT2D eigenvalue weighted by molar-refractivity contribution is 14.0. The van der Waals surface area contributed by atoms with Crippen LogP contribution in [-0.2, 0) is 0 Å². The molecule has 0 unspecified atom stereocenters. The number of aliphatic imine (C=N–C) groups is 1. The van der Waals surface area contributed by atoms with Crippen LogP contribution in [0.4, 0.5) is 0 Å². The van der Waals surface area contributed by atoms with Gasteiger partial charge in [0.05, 0.1) is 11.1 Å². The molecule has 30 heavy (non-hydrogen) atoms. The van der Waals surface area contributed by atoms with E-state index in [9.17, 15) is 9.59 Å². The first kappa shape index (κ1) is 23.0. The van der Waals surface area contributed by atoms with Crippen LogP contribution in [0, 0.1) is 0 Å². The molecule has 0 spiro atoms. The third-order valence-electron chi connectivity index (χ3n) is 6.14. The van der Waals surface area contributed by atoms with Gasteiger partial charge in [0.2, 0.25) is 0 Å². The standard InChI is InChI=1S/C22H31N5O2.HI/c1-23-22(25-16-10-14-26(15-11-16)17-8-9-17)24-12-4-5-13-27-20(28)18-6-2-3-7-19(18)21(27)29;/h2-3,6-7,16-17H,4-5,8-15H2,1H3,(H2,23,24,25);1H. The van der Waals surface area contributed by atoms with Crippen LogP contribution >= 0.6 is 24.0 Å². The molecule has 2 fully saturated rings. The lowest BCUT2D eigenvalue weighted by molar-refractivity contribution is 0.0652. The summed E-state index contributed by atoms with van der Waals surface area (Å²) in [6.45, 7) is 3.59. The first-order chi connectivity index (χ1) is 14.2. The first-order valence-corrected chi connectivity index (χ1v) is 10.8. The molecular formula is C22H32IN5O2. The number of carbonyl (C=O) groups excluding carboxylic acids is 2. The van der Waals surface area contributed by atoms with Crippen molar-refractivity contribution in [3.63, 3.8) is 0 Å². The fraction of sp³-hybridized carbons (Fsp3) is 0.591. The minimum atomic E-state index is -0.173. The van der Waals surface area contributed by atoms with Crippen LogP contribution in [0.2, 0.25) is 0 Å². The van der Waals surface area contributed by atoms with E-state index in [1.807, 2.05) is 0 Å². The Labute approximate surface area is 195 Å². The number of nitrogens with zero attached hydrogens (tertiary/aromatic N) is 3. The highest BCUT2D eigenvalue weighted by Gasteiger charge is 2.34. The summed E-state index contributed by atoms with van der Waals surface area (Å²) in [6.07, 6.45) is 6.72. The molecule has 2 heterocycles. The molecule has 0 aromatic heterocycles. The minimum absolute atomic E-state index is 0. The Kier molecular flexibility index (Phi) is 8.10. The summed E-state index contributed by atoms with van der Waals surface area (Å²) in [6, 6.07) is 8.38. The van der Waals surface area contributed by atoms with E-state index in [0.717, 1.165) is 44.2 Å². The number of hydrogen-bond acceptors (Lipinski definition) is 4. The second kappa shape index (κ2) is 10.6. The van der Waals surface area contributed by atoms with Crippen molar-refractivity contribution >= 4 is 41.8 Å². The van der Waals surface area contributed by atoms with Gasteiger partial charge in [0.1, 0.15) is 0 Å². The first-order valence-electron chi connectivity index (χ1n) is 10.8. The van der Waals surface area contributed by atoms with Gasteiger partial charge in [-0.15, -0.1) is 24.0 Å². The van der Waals surface area contributed by atoms with E-state index in [2.05, 4.69) is 20.5 Å². The van der Waals surface area contributed by atoms with E-state index in [0.29, 0.717) is 23.7 Å². The van der Waals surface area contributed by atoms with E-state index in [1.165, 1.54) is 30.8 Å². The van der Waals surface area contributed by atoms with Gasteiger partial charge in [-0.1, -0.05) is 12.1 Å². The summed E-state index contributed by atoms with van der Waals surface area (Å²) in [5.74, 6) is 0.498. The molecular weight excluding hydrogens is 493 g/mol. The quantitative estimate of drug-likeness (QED) is 0.188. The maximum atomic E-state index is 12.4. The highest BCUT2D eigenvalue weighted by atomic mass is 127. The fourth-order valence-corrected chi connectivity index (χ4v) is 4.28. The van der Waals surface area contributed by atoms with E-state index < -0.39 is 0 Å². The summed E-state index contributed by atoms with van der Waals surface area (Å²) in [4.78, 5) is 33.1. The third kappa shape index (κ3) is 5.32. The predicted octanol–water partition coefficient (Wildman–Crippen LogP) is 2.47. The Bertz CT molecular complexity index is 752. The lowest BCUT2D eigenvalue weighted by atomic mass is 10.1. The number of benzene rings is 1. The van der Waals surface area contributed by atoms with E-state index in [1.54, 1.807) is 31.3 Å². The number of amides is 2. The van der Waals surface area contributed by atoms with Crippen LogP contribution in [0.3, 0.4) is 0 Å². The summed E-state index contributed by atoms with van der Waals surface area (Å²) in [5.41, 5.74) is 1.04. The number of rotatable bonds is 7. The second-order valence-corrected chi connectivity index (χ2v) is 8.20. The van der Waals surface area contributed by atoms with Crippen LogP contribution in [0.1, 0.15) is 59.2 Å². The fourth-order valence-electron chi connectivity index (χ4n) is 4.28. The Hall–Kier alpha value is -1.68. The Morgan fingerprint density at radius 2 is 1.67 bits per heavy atom. The van der Waals surface area contributed by atoms with Gasteiger partial charge in [-0.3, -0.25) is 19.5 Å². The summed E-state index contributed by atoms with van der Waals surface area (Å²) in [5, 5.41) is 6.90. The molecule has 0 atom stereocenters. The molecule has 1 aromatic rings. The lowest BCUT2D eigenvalue weighted by Crippen LogP contribution is -2.49. The number of carbonyl (C=O) groups is 2. The summed E-state index contributed by atoms with van der Waals surface area (Å²) < 4.78 is 0. The van der Waals surface area contributed by atoms with Gasteiger partial charge in [0.15, 0.2) is 5.96 Å². The summed E-state index contributed by atoms with van der Waals surface area (Å²) in [7, 11) is 1.80. The molecule has 2 aliphatic heterocycles. The topological polar surface area (TPSA) is 77.0 Å². The van der Waals surface area contributed by atoms with Gasteiger partial charge in [-0.25, -0.2) is 0 Å². The number of fused-ring (bicyclic) bond motifs is 1. The number of unbranched alkanes of at least 4 members (excludes halogenated alkanes) is 1. The molecule has 2 amide bonds. The van der Waals surface area contributed by atoms with Gasteiger partial charge in [-0.2, -0.15) is 0 Å². The zero-order chi connectivity index (χ0) is 20.2. The van der Waals surface area contributed by atoms with Crippen LogP contribution in [0.25, 0.3) is 0 Å². The molecule has 3 aliphatic rings. The van der Waals surface area contributed by atoms with E-state index in [4.69, 9.17) is 0 Å². The molecule has 164 valence electrons. The van der Waals surface area contributed by atoms with Crippen molar-refractivity contribution in [3.8, 4) is 0 Å². The van der Waals surface area contributed by atoms with E-state index in [-0.39, 0.29) is 35.8 Å². The van der Waals surface area contributed by atoms with Crippen molar-refractivity contribution < 1.29 is 9.59 Å². The van der Waals surface area contributed by atoms with Crippen molar-refractivity contribution in [3.05, 3.63) is 35.4 Å². The van der Waals surface area contributed by atoms with Crippen LogP contribution in [0.5, 0.6) is 0 Å². The van der Waals surface area contributed by atoms with Gasteiger partial charge >= 0.3 is 0 Å². The molecule has 8 heteroatoms. The van der Waals surface area contributed by atoms with Gasteiger partial charge in [0.25, 0.3) is 11.8 Å². The van der Waals surface area contributed by atoms with Crippen LogP contribution in [0.15, 0.2) is 29.3 Å². The molecule has 1 aliphatic carbocycles. The smallest absolute Gasteiger partial charge is 0.261 e. The summed E-state index contributed by atoms with van der Waals surface area (Å²) >= 11 is 0. The lowest BCUT2D eigenvalue weighted by Gasteiger charge is -2.33. The predicted molar refractivity (Wildman–Crippen MR) is 129 cm³/mol. The van der Waals surface area contributed by atoms with Crippen molar-refractivity contribution in [2.75, 3.05) is 33.2 Å². The number of halogens is 1. The molecule has 7 nitrogen and oxygen atoms in total. The maximum absolute atomic E-state index is 12.4. The molecule has 0 bridgehead atoms. The van der Waals surface area contributed by atoms with Gasteiger partial charge in [-0.05, 0) is 50.7 Å². The van der Waals surface area contributed by atoms with Crippen LogP contribution < -0.4 is 10.6 Å². The Balaban J connectivity index is 0.00000256. The molecule has 1 saturated carbocycles. The monoisotopic (exact) mass is 525 g/mol. The second-order valence-electron chi connectivity index (χ2n) is 8.20. The van der Waals surface area contributed by atoms with Gasteiger partial charge in [0, 0.05) is 45.3 Å². The largest absolute Gasteiger partial charge is 0.356 e. The maximum Gasteiger partial charge on any atom is 0.261 e. The Morgan fingerprint density at radius 3 is 2.23 bits per heavy atom. The van der Waals surface area contributed by atoms with Crippen molar-refractivity contribution in [2.24, 2.45) is 4.99 Å². The number of likely N-dealkylation sites (tertiary alicyclic amines) is 1. The Morgan fingerprint density at radius 1 is 1.03 bits per heavy atom. The van der Waals surface area contributed by atoms with Crippen molar-refractivity contribution in [1.82, 2.24) is 20.4 Å². The molecule has 0 radical (unpaired) electrons. The zero-order valence-corrected chi connectivity index (χ0v) is 19.9. The molecule has 4 rings (SSSR count). The number of guanidine groups is 1. The zero-order valence-electron chi connectivity index (χ0n) is 17.6. The SMILES string of the molecule is CN=C(NCCCCN1C(=O)c2ccccc2C1=O)NC1CCN(C2CC2)CC1.I. The number of nitrogens with one attached hydrogen (secondary N) is 2. The van der Waals surface area contributed by atoms with Gasteiger partial charge < -0.3 is 15.5 Å². The molecule has 1 aromatic carbocycles. The van der Waals surface area contributed by atoms with Crippen molar-refractivity contribution in [2.45, 2.75) is 50.6 Å². The van der Waals surface area contributed by atoms with E-state index >= 15 is 0 Å². The number of hydrogen-bond donors (Lipinski definition) is 2. The van der Waals surface area contributed by atoms with Crippen LogP contribution in [-0.4, -0.2) is 72.9 Å². The minimum Gasteiger partial charge on any atom is -0.356 e. The third-order valence-corrected chi connectivity index (χ3v) is 6.14. The number of imide groups is 1. The van der Waals surface area contributed by atoms with Crippen molar-refractivity contribution in [1.29, 1.82) is 0 Å². The average molecular weight is 525 g/mol.